The van der Waals surface area contributed by atoms with Gasteiger partial charge < -0.3 is 10.7 Å². The van der Waals surface area contributed by atoms with Gasteiger partial charge in [-0.1, -0.05) is 32.0 Å². The zero-order valence-corrected chi connectivity index (χ0v) is 11.9. The fourth-order valence-corrected chi connectivity index (χ4v) is 3.09. The van der Waals surface area contributed by atoms with E-state index in [0.717, 1.165) is 11.5 Å². The van der Waals surface area contributed by atoms with Gasteiger partial charge in [-0.05, 0) is 23.4 Å². The molecule has 0 radical (unpaired) electrons. The van der Waals surface area contributed by atoms with Crippen molar-refractivity contribution in [1.29, 1.82) is 0 Å². The first-order chi connectivity index (χ1) is 9.15. The van der Waals surface area contributed by atoms with Crippen LogP contribution in [0.5, 0.6) is 0 Å². The van der Waals surface area contributed by atoms with E-state index in [0.29, 0.717) is 5.92 Å². The fourth-order valence-electron chi connectivity index (χ4n) is 2.06. The number of nitrogens with two attached hydrogens (primary N) is 1. The van der Waals surface area contributed by atoms with Crippen molar-refractivity contribution < 1.29 is 0 Å². The lowest BCUT2D eigenvalue weighted by molar-refractivity contribution is 0.494. The molecule has 0 aliphatic carbocycles. The van der Waals surface area contributed by atoms with E-state index in [-0.39, 0.29) is 6.04 Å². The Balaban J connectivity index is 1.98. The van der Waals surface area contributed by atoms with Crippen LogP contribution in [0.25, 0.3) is 20.7 Å². The molecule has 0 spiro atoms. The summed E-state index contributed by atoms with van der Waals surface area (Å²) in [7, 11) is 0. The molecule has 3 aromatic rings. The predicted octanol–water partition coefficient (Wildman–Crippen LogP) is 3.95. The summed E-state index contributed by atoms with van der Waals surface area (Å²) in [6, 6.07) is 10.6. The number of H-pyrrole nitrogens is 1. The number of thiophene rings is 1. The number of rotatable bonds is 3. The maximum Gasteiger partial charge on any atom is 0.123 e. The van der Waals surface area contributed by atoms with Crippen LogP contribution in [0.3, 0.4) is 0 Å². The Hall–Kier alpha value is -1.65. The minimum absolute atomic E-state index is 0.0388. The molecule has 19 heavy (non-hydrogen) atoms. The maximum atomic E-state index is 6.11. The molecule has 3 rings (SSSR count). The number of imidazole rings is 1. The molecule has 0 saturated heterocycles. The van der Waals surface area contributed by atoms with Crippen LogP contribution in [0.2, 0.25) is 0 Å². The number of benzene rings is 1. The molecule has 0 aliphatic heterocycles. The maximum absolute atomic E-state index is 6.11. The highest BCUT2D eigenvalue weighted by atomic mass is 32.1. The van der Waals surface area contributed by atoms with Gasteiger partial charge in [0.05, 0.1) is 22.8 Å². The first kappa shape index (κ1) is 12.4. The molecule has 0 saturated carbocycles. The summed E-state index contributed by atoms with van der Waals surface area (Å²) in [5, 5.41) is 1.27. The summed E-state index contributed by atoms with van der Waals surface area (Å²) < 4.78 is 1.29. The van der Waals surface area contributed by atoms with Gasteiger partial charge >= 0.3 is 0 Å². The Morgan fingerprint density at radius 2 is 2.05 bits per heavy atom. The molecule has 1 unspecified atom stereocenters. The highest BCUT2D eigenvalue weighted by Gasteiger charge is 2.15. The smallest absolute Gasteiger partial charge is 0.123 e. The van der Waals surface area contributed by atoms with Crippen molar-refractivity contribution in [2.75, 3.05) is 0 Å². The quantitative estimate of drug-likeness (QED) is 0.758. The van der Waals surface area contributed by atoms with Gasteiger partial charge in [0.15, 0.2) is 0 Å². The monoisotopic (exact) mass is 271 g/mol. The van der Waals surface area contributed by atoms with Crippen LogP contribution in [0.15, 0.2) is 36.5 Å². The first-order valence-electron chi connectivity index (χ1n) is 6.44. The van der Waals surface area contributed by atoms with E-state index >= 15 is 0 Å². The molecule has 0 aliphatic rings. The highest BCUT2D eigenvalue weighted by molar-refractivity contribution is 7.22. The molecule has 2 aromatic heterocycles. The van der Waals surface area contributed by atoms with E-state index in [2.05, 4.69) is 54.1 Å². The lowest BCUT2D eigenvalue weighted by Crippen LogP contribution is -2.18. The van der Waals surface area contributed by atoms with Gasteiger partial charge in [0.25, 0.3) is 0 Å². The summed E-state index contributed by atoms with van der Waals surface area (Å²) in [6.07, 6.45) is 1.88. The van der Waals surface area contributed by atoms with E-state index in [1.165, 1.54) is 15.0 Å². The van der Waals surface area contributed by atoms with E-state index in [9.17, 15) is 0 Å². The molecule has 0 amide bonds. The molecular weight excluding hydrogens is 254 g/mol. The molecule has 3 N–H and O–H groups in total. The second kappa shape index (κ2) is 4.79. The van der Waals surface area contributed by atoms with Crippen LogP contribution >= 0.6 is 11.3 Å². The third kappa shape index (κ3) is 2.29. The van der Waals surface area contributed by atoms with Crippen LogP contribution < -0.4 is 5.73 Å². The number of nitrogens with one attached hydrogen (secondary N) is 1. The molecule has 0 bridgehead atoms. The van der Waals surface area contributed by atoms with Gasteiger partial charge in [0.1, 0.15) is 5.82 Å². The van der Waals surface area contributed by atoms with Gasteiger partial charge in [0, 0.05) is 4.70 Å². The van der Waals surface area contributed by atoms with Crippen molar-refractivity contribution in [1.82, 2.24) is 9.97 Å². The number of aromatic nitrogens is 2. The molecule has 98 valence electrons. The van der Waals surface area contributed by atoms with Gasteiger partial charge in [-0.25, -0.2) is 4.98 Å². The summed E-state index contributed by atoms with van der Waals surface area (Å²) >= 11 is 1.77. The van der Waals surface area contributed by atoms with E-state index in [1.807, 2.05) is 6.20 Å². The van der Waals surface area contributed by atoms with Gasteiger partial charge in [-0.2, -0.15) is 0 Å². The Morgan fingerprint density at radius 3 is 2.79 bits per heavy atom. The Kier molecular flexibility index (Phi) is 3.12. The number of fused-ring (bicyclic) bond motifs is 1. The highest BCUT2D eigenvalue weighted by Crippen LogP contribution is 2.32. The second-order valence-electron chi connectivity index (χ2n) is 5.10. The summed E-state index contributed by atoms with van der Waals surface area (Å²) in [6.45, 7) is 4.21. The second-order valence-corrected chi connectivity index (χ2v) is 6.18. The third-order valence-corrected chi connectivity index (χ3v) is 4.47. The van der Waals surface area contributed by atoms with Crippen LogP contribution in [-0.4, -0.2) is 9.97 Å². The third-order valence-electron chi connectivity index (χ3n) is 3.32. The lowest BCUT2D eigenvalue weighted by atomic mass is 10.1. The summed E-state index contributed by atoms with van der Waals surface area (Å²) in [5.41, 5.74) is 7.16. The van der Waals surface area contributed by atoms with Gasteiger partial charge in [0.2, 0.25) is 0 Å². The Labute approximate surface area is 116 Å². The standard InChI is InChI=1S/C15H17N3S/c1-9(2)14(16)15-17-8-11(18-15)13-7-10-5-3-4-6-12(10)19-13/h3-9,14H,16H2,1-2H3,(H,17,18). The summed E-state index contributed by atoms with van der Waals surface area (Å²) in [4.78, 5) is 8.96. The largest absolute Gasteiger partial charge is 0.340 e. The molecule has 4 heteroatoms. The first-order valence-corrected chi connectivity index (χ1v) is 7.26. The van der Waals surface area contributed by atoms with Crippen molar-refractivity contribution in [2.24, 2.45) is 11.7 Å². The van der Waals surface area contributed by atoms with Crippen molar-refractivity contribution in [3.8, 4) is 10.6 Å². The van der Waals surface area contributed by atoms with Crippen molar-refractivity contribution >= 4 is 21.4 Å². The van der Waals surface area contributed by atoms with Crippen LogP contribution in [0.1, 0.15) is 25.7 Å². The Morgan fingerprint density at radius 1 is 1.26 bits per heavy atom. The van der Waals surface area contributed by atoms with Gasteiger partial charge in [-0.3, -0.25) is 0 Å². The topological polar surface area (TPSA) is 54.7 Å². The molecule has 2 heterocycles. The normalized spacial score (nSPS) is 13.3. The van der Waals surface area contributed by atoms with Crippen LogP contribution in [-0.2, 0) is 0 Å². The number of nitrogens with zero attached hydrogens (tertiary/aromatic N) is 1. The average molecular weight is 271 g/mol. The van der Waals surface area contributed by atoms with Crippen LogP contribution in [0.4, 0.5) is 0 Å². The summed E-state index contributed by atoms with van der Waals surface area (Å²) in [5.74, 6) is 1.24. The van der Waals surface area contributed by atoms with E-state index in [4.69, 9.17) is 5.73 Å². The fraction of sp³-hybridized carbons (Fsp3) is 0.267. The van der Waals surface area contributed by atoms with Crippen molar-refractivity contribution in [2.45, 2.75) is 19.9 Å². The van der Waals surface area contributed by atoms with E-state index in [1.54, 1.807) is 11.3 Å². The minimum Gasteiger partial charge on any atom is -0.340 e. The molecule has 1 aromatic carbocycles. The van der Waals surface area contributed by atoms with E-state index < -0.39 is 0 Å². The van der Waals surface area contributed by atoms with Crippen molar-refractivity contribution in [3.05, 3.63) is 42.4 Å². The predicted molar refractivity (Wildman–Crippen MR) is 81.2 cm³/mol. The van der Waals surface area contributed by atoms with Crippen molar-refractivity contribution in [3.63, 3.8) is 0 Å². The zero-order chi connectivity index (χ0) is 13.4. The zero-order valence-electron chi connectivity index (χ0n) is 11.1. The number of hydrogen-bond acceptors (Lipinski definition) is 3. The van der Waals surface area contributed by atoms with Crippen LogP contribution in [0, 0.1) is 5.92 Å². The molecular formula is C15H17N3S. The molecule has 3 nitrogen and oxygen atoms in total. The Bertz CT molecular complexity index is 663. The minimum atomic E-state index is -0.0388. The average Bonchev–Trinajstić information content (AvgIpc) is 3.03. The van der Waals surface area contributed by atoms with Gasteiger partial charge in [-0.15, -0.1) is 11.3 Å². The SMILES string of the molecule is CC(C)C(N)c1ncc(-c2cc3ccccc3s2)[nH]1. The lowest BCUT2D eigenvalue weighted by Gasteiger charge is -2.11. The molecule has 1 atom stereocenters. The molecule has 0 fully saturated rings. The number of hydrogen-bond donors (Lipinski definition) is 2. The number of aromatic amines is 1.